The van der Waals surface area contributed by atoms with Crippen molar-refractivity contribution in [3.05, 3.63) is 18.0 Å². The van der Waals surface area contributed by atoms with Gasteiger partial charge in [-0.05, 0) is 27.2 Å². The molecule has 0 aliphatic heterocycles. The van der Waals surface area contributed by atoms with Crippen molar-refractivity contribution in [3.8, 4) is 6.07 Å². The van der Waals surface area contributed by atoms with Crippen molar-refractivity contribution in [2.24, 2.45) is 5.41 Å². The van der Waals surface area contributed by atoms with Gasteiger partial charge < -0.3 is 5.11 Å². The standard InChI is InChI=1S/C12H19N3O/c1-5-12(4,8-13)11(16)10-6-14-15(7-10)9(2)3/h6-7,9,11,16H,5H2,1-4H3. The number of aromatic nitrogens is 2. The lowest BCUT2D eigenvalue weighted by Gasteiger charge is -2.25. The Balaban J connectivity index is 2.97. The van der Waals surface area contributed by atoms with E-state index in [1.54, 1.807) is 24.0 Å². The Morgan fingerprint density at radius 2 is 2.25 bits per heavy atom. The van der Waals surface area contributed by atoms with Crippen LogP contribution in [0.15, 0.2) is 12.4 Å². The van der Waals surface area contributed by atoms with Crippen LogP contribution in [-0.2, 0) is 0 Å². The van der Waals surface area contributed by atoms with Crippen LogP contribution in [0.2, 0.25) is 0 Å². The molecule has 0 aliphatic carbocycles. The average molecular weight is 221 g/mol. The van der Waals surface area contributed by atoms with E-state index in [0.717, 1.165) is 0 Å². The maximum absolute atomic E-state index is 10.2. The van der Waals surface area contributed by atoms with Crippen molar-refractivity contribution in [3.63, 3.8) is 0 Å². The third-order valence-corrected chi connectivity index (χ3v) is 3.06. The SMILES string of the molecule is CCC(C)(C#N)C(O)c1cnn(C(C)C)c1. The summed E-state index contributed by atoms with van der Waals surface area (Å²) in [5.74, 6) is 0. The van der Waals surface area contributed by atoms with E-state index >= 15 is 0 Å². The van der Waals surface area contributed by atoms with Gasteiger partial charge in [-0.1, -0.05) is 6.92 Å². The van der Waals surface area contributed by atoms with Gasteiger partial charge in [-0.15, -0.1) is 0 Å². The number of nitriles is 1. The van der Waals surface area contributed by atoms with Gasteiger partial charge in [0.1, 0.15) is 6.10 Å². The van der Waals surface area contributed by atoms with E-state index in [9.17, 15) is 5.11 Å². The molecule has 0 aromatic carbocycles. The van der Waals surface area contributed by atoms with Crippen LogP contribution in [0.5, 0.6) is 0 Å². The molecule has 2 unspecified atom stereocenters. The summed E-state index contributed by atoms with van der Waals surface area (Å²) in [4.78, 5) is 0. The largest absolute Gasteiger partial charge is 0.387 e. The van der Waals surface area contributed by atoms with Gasteiger partial charge in [-0.25, -0.2) is 0 Å². The Morgan fingerprint density at radius 1 is 1.62 bits per heavy atom. The van der Waals surface area contributed by atoms with E-state index in [-0.39, 0.29) is 6.04 Å². The lowest BCUT2D eigenvalue weighted by atomic mass is 9.81. The highest BCUT2D eigenvalue weighted by Crippen LogP contribution is 2.35. The zero-order chi connectivity index (χ0) is 12.3. The van der Waals surface area contributed by atoms with Gasteiger partial charge in [0.05, 0.1) is 17.7 Å². The molecular weight excluding hydrogens is 202 g/mol. The van der Waals surface area contributed by atoms with Crippen molar-refractivity contribution in [2.45, 2.75) is 46.3 Å². The molecule has 1 aromatic heterocycles. The van der Waals surface area contributed by atoms with Gasteiger partial charge in [0.25, 0.3) is 0 Å². The minimum atomic E-state index is -0.782. The lowest BCUT2D eigenvalue weighted by molar-refractivity contribution is 0.0721. The topological polar surface area (TPSA) is 61.8 Å². The number of aliphatic hydroxyl groups excluding tert-OH is 1. The molecule has 0 radical (unpaired) electrons. The summed E-state index contributed by atoms with van der Waals surface area (Å²) in [6.07, 6.45) is 3.27. The minimum absolute atomic E-state index is 0.260. The van der Waals surface area contributed by atoms with Crippen LogP contribution >= 0.6 is 0 Å². The lowest BCUT2D eigenvalue weighted by Crippen LogP contribution is -2.22. The highest BCUT2D eigenvalue weighted by atomic mass is 16.3. The quantitative estimate of drug-likeness (QED) is 0.849. The van der Waals surface area contributed by atoms with Gasteiger partial charge in [0, 0.05) is 17.8 Å². The van der Waals surface area contributed by atoms with Crippen LogP contribution in [0.4, 0.5) is 0 Å². The summed E-state index contributed by atoms with van der Waals surface area (Å²) in [6.45, 7) is 7.71. The molecule has 0 spiro atoms. The first-order valence-electron chi connectivity index (χ1n) is 5.58. The third kappa shape index (κ3) is 2.25. The minimum Gasteiger partial charge on any atom is -0.387 e. The molecule has 0 bridgehead atoms. The van der Waals surface area contributed by atoms with Crippen LogP contribution in [0.1, 0.15) is 51.8 Å². The number of hydrogen-bond donors (Lipinski definition) is 1. The van der Waals surface area contributed by atoms with E-state index in [4.69, 9.17) is 5.26 Å². The summed E-state index contributed by atoms with van der Waals surface area (Å²) in [5, 5.41) is 23.4. The highest BCUT2D eigenvalue weighted by molar-refractivity contribution is 5.16. The zero-order valence-corrected chi connectivity index (χ0v) is 10.3. The first-order chi connectivity index (χ1) is 7.44. The van der Waals surface area contributed by atoms with Crippen LogP contribution in [0, 0.1) is 16.7 Å². The van der Waals surface area contributed by atoms with E-state index in [1.807, 2.05) is 20.8 Å². The molecule has 4 nitrogen and oxygen atoms in total. The summed E-state index contributed by atoms with van der Waals surface area (Å²) in [7, 11) is 0. The maximum atomic E-state index is 10.2. The number of hydrogen-bond acceptors (Lipinski definition) is 3. The molecule has 0 saturated heterocycles. The molecule has 0 fully saturated rings. The first kappa shape index (κ1) is 12.7. The first-order valence-corrected chi connectivity index (χ1v) is 5.58. The highest BCUT2D eigenvalue weighted by Gasteiger charge is 2.33. The normalized spacial score (nSPS) is 16.8. The van der Waals surface area contributed by atoms with Crippen LogP contribution in [0.25, 0.3) is 0 Å². The fourth-order valence-corrected chi connectivity index (χ4v) is 1.48. The van der Waals surface area contributed by atoms with Gasteiger partial charge in [-0.2, -0.15) is 10.4 Å². The second kappa shape index (κ2) is 4.67. The average Bonchev–Trinajstić information content (AvgIpc) is 2.76. The van der Waals surface area contributed by atoms with E-state index < -0.39 is 11.5 Å². The Bertz CT molecular complexity index is 391. The van der Waals surface area contributed by atoms with Crippen LogP contribution in [0.3, 0.4) is 0 Å². The van der Waals surface area contributed by atoms with E-state index in [1.165, 1.54) is 0 Å². The molecule has 16 heavy (non-hydrogen) atoms. The summed E-state index contributed by atoms with van der Waals surface area (Å²) in [6, 6.07) is 2.44. The second-order valence-corrected chi connectivity index (χ2v) is 4.63. The Morgan fingerprint density at radius 3 is 2.62 bits per heavy atom. The predicted octanol–water partition coefficient (Wildman–Crippen LogP) is 2.44. The molecule has 88 valence electrons. The Kier molecular flexibility index (Phi) is 3.71. The monoisotopic (exact) mass is 221 g/mol. The Labute approximate surface area is 96.5 Å². The zero-order valence-electron chi connectivity index (χ0n) is 10.3. The predicted molar refractivity (Wildman–Crippen MR) is 61.6 cm³/mol. The third-order valence-electron chi connectivity index (χ3n) is 3.06. The number of aliphatic hydroxyl groups is 1. The van der Waals surface area contributed by atoms with Gasteiger partial charge in [0.2, 0.25) is 0 Å². The van der Waals surface area contributed by atoms with Crippen molar-refractivity contribution >= 4 is 0 Å². The number of nitrogens with zero attached hydrogens (tertiary/aromatic N) is 3. The molecule has 1 rings (SSSR count). The molecule has 1 heterocycles. The smallest absolute Gasteiger partial charge is 0.100 e. The Hall–Kier alpha value is -1.34. The van der Waals surface area contributed by atoms with Crippen molar-refractivity contribution < 1.29 is 5.11 Å². The summed E-state index contributed by atoms with van der Waals surface area (Å²) in [5.41, 5.74) is -0.0372. The molecule has 1 aromatic rings. The molecule has 0 aliphatic rings. The molecule has 0 saturated carbocycles. The van der Waals surface area contributed by atoms with Gasteiger partial charge in [0.15, 0.2) is 0 Å². The summed E-state index contributed by atoms with van der Waals surface area (Å²) < 4.78 is 1.78. The second-order valence-electron chi connectivity index (χ2n) is 4.63. The molecule has 0 amide bonds. The fraction of sp³-hybridized carbons (Fsp3) is 0.667. The molecule has 4 heteroatoms. The van der Waals surface area contributed by atoms with Gasteiger partial charge in [-0.3, -0.25) is 4.68 Å². The van der Waals surface area contributed by atoms with Crippen molar-refractivity contribution in [1.29, 1.82) is 5.26 Å². The maximum Gasteiger partial charge on any atom is 0.100 e. The molecule has 2 atom stereocenters. The van der Waals surface area contributed by atoms with Crippen LogP contribution in [-0.4, -0.2) is 14.9 Å². The molecule has 1 N–H and O–H groups in total. The van der Waals surface area contributed by atoms with Crippen molar-refractivity contribution in [1.82, 2.24) is 9.78 Å². The number of rotatable bonds is 4. The molecular formula is C12H19N3O. The van der Waals surface area contributed by atoms with Gasteiger partial charge >= 0.3 is 0 Å². The van der Waals surface area contributed by atoms with Crippen LogP contribution < -0.4 is 0 Å². The van der Waals surface area contributed by atoms with E-state index in [2.05, 4.69) is 11.2 Å². The summed E-state index contributed by atoms with van der Waals surface area (Å²) >= 11 is 0. The van der Waals surface area contributed by atoms with E-state index in [0.29, 0.717) is 12.0 Å². The fourth-order valence-electron chi connectivity index (χ4n) is 1.48. The van der Waals surface area contributed by atoms with Crippen molar-refractivity contribution in [2.75, 3.05) is 0 Å².